The fraction of sp³-hybridized carbons (Fsp3) is 0.125. The number of hydrogen-bond acceptors (Lipinski definition) is 3. The standard InChI is InChI=1S/C16H16N4/c1-2-4-15(5-3-1)20-13-12-19-16(20)18-11-8-14-6-9-17-10-7-14/h1-7,9-10,12-13H,8,11H2,(H,18,19). The molecule has 0 aliphatic carbocycles. The second kappa shape index (κ2) is 6.02. The summed E-state index contributed by atoms with van der Waals surface area (Å²) in [5, 5.41) is 3.37. The van der Waals surface area contributed by atoms with Gasteiger partial charge in [0.15, 0.2) is 0 Å². The van der Waals surface area contributed by atoms with Crippen LogP contribution in [0.3, 0.4) is 0 Å². The fourth-order valence-electron chi connectivity index (χ4n) is 2.10. The molecule has 0 spiro atoms. The molecule has 0 unspecified atom stereocenters. The number of aromatic nitrogens is 3. The highest BCUT2D eigenvalue weighted by atomic mass is 15.2. The zero-order valence-electron chi connectivity index (χ0n) is 11.1. The number of hydrogen-bond donors (Lipinski definition) is 1. The van der Waals surface area contributed by atoms with Crippen LogP contribution in [0.15, 0.2) is 67.3 Å². The Morgan fingerprint density at radius 1 is 0.950 bits per heavy atom. The van der Waals surface area contributed by atoms with Gasteiger partial charge < -0.3 is 5.32 Å². The van der Waals surface area contributed by atoms with Crippen LogP contribution in [0.2, 0.25) is 0 Å². The van der Waals surface area contributed by atoms with Gasteiger partial charge in [-0.2, -0.15) is 0 Å². The van der Waals surface area contributed by atoms with E-state index in [9.17, 15) is 0 Å². The summed E-state index contributed by atoms with van der Waals surface area (Å²) >= 11 is 0. The number of pyridine rings is 1. The fourth-order valence-corrected chi connectivity index (χ4v) is 2.10. The second-order valence-corrected chi connectivity index (χ2v) is 4.49. The van der Waals surface area contributed by atoms with Gasteiger partial charge in [0, 0.05) is 37.0 Å². The Morgan fingerprint density at radius 2 is 1.75 bits per heavy atom. The smallest absolute Gasteiger partial charge is 0.207 e. The molecule has 0 saturated carbocycles. The van der Waals surface area contributed by atoms with Crippen LogP contribution in [0.1, 0.15) is 5.56 Å². The van der Waals surface area contributed by atoms with E-state index >= 15 is 0 Å². The summed E-state index contributed by atoms with van der Waals surface area (Å²) in [7, 11) is 0. The number of rotatable bonds is 5. The minimum absolute atomic E-state index is 0.841. The minimum atomic E-state index is 0.841. The van der Waals surface area contributed by atoms with Crippen LogP contribution in [0, 0.1) is 0 Å². The zero-order chi connectivity index (χ0) is 13.6. The number of imidazole rings is 1. The monoisotopic (exact) mass is 264 g/mol. The summed E-state index contributed by atoms with van der Waals surface area (Å²) in [6, 6.07) is 14.3. The highest BCUT2D eigenvalue weighted by Gasteiger charge is 2.03. The van der Waals surface area contributed by atoms with Gasteiger partial charge in [-0.1, -0.05) is 18.2 Å². The van der Waals surface area contributed by atoms with Crippen molar-refractivity contribution in [3.05, 3.63) is 72.8 Å². The molecule has 2 heterocycles. The van der Waals surface area contributed by atoms with Gasteiger partial charge in [-0.25, -0.2) is 4.98 Å². The summed E-state index contributed by atoms with van der Waals surface area (Å²) in [5.41, 5.74) is 2.38. The molecule has 0 saturated heterocycles. The van der Waals surface area contributed by atoms with Crippen LogP contribution >= 0.6 is 0 Å². The molecule has 0 aliphatic heterocycles. The maximum atomic E-state index is 4.36. The molecule has 2 aromatic heterocycles. The van der Waals surface area contributed by atoms with E-state index in [2.05, 4.69) is 27.4 Å². The van der Waals surface area contributed by atoms with Gasteiger partial charge in [-0.15, -0.1) is 0 Å². The average molecular weight is 264 g/mol. The van der Waals surface area contributed by atoms with Gasteiger partial charge in [0.25, 0.3) is 0 Å². The Bertz CT molecular complexity index is 647. The summed E-state index contributed by atoms with van der Waals surface area (Å²) < 4.78 is 2.05. The van der Waals surface area contributed by atoms with Crippen molar-refractivity contribution in [3.8, 4) is 5.69 Å². The van der Waals surface area contributed by atoms with Crippen molar-refractivity contribution in [1.29, 1.82) is 0 Å². The van der Waals surface area contributed by atoms with Gasteiger partial charge in [-0.3, -0.25) is 9.55 Å². The molecule has 3 aromatic rings. The van der Waals surface area contributed by atoms with E-state index in [1.165, 1.54) is 5.56 Å². The van der Waals surface area contributed by atoms with Crippen LogP contribution in [0.4, 0.5) is 5.95 Å². The Labute approximate surface area is 118 Å². The van der Waals surface area contributed by atoms with Gasteiger partial charge in [0.2, 0.25) is 5.95 Å². The Hall–Kier alpha value is -2.62. The third kappa shape index (κ3) is 2.85. The van der Waals surface area contributed by atoms with Gasteiger partial charge in [0.05, 0.1) is 0 Å². The lowest BCUT2D eigenvalue weighted by molar-refractivity contribution is 0.959. The normalized spacial score (nSPS) is 10.4. The first-order valence-electron chi connectivity index (χ1n) is 6.65. The first kappa shape index (κ1) is 12.4. The molecular formula is C16H16N4. The van der Waals surface area contributed by atoms with Crippen LogP contribution in [0.25, 0.3) is 5.69 Å². The summed E-state index contributed by atoms with van der Waals surface area (Å²) in [4.78, 5) is 8.38. The lowest BCUT2D eigenvalue weighted by Gasteiger charge is -2.09. The predicted molar refractivity (Wildman–Crippen MR) is 80.0 cm³/mol. The minimum Gasteiger partial charge on any atom is -0.355 e. The van der Waals surface area contributed by atoms with Crippen molar-refractivity contribution >= 4 is 5.95 Å². The van der Waals surface area contributed by atoms with Crippen LogP contribution in [0.5, 0.6) is 0 Å². The van der Waals surface area contributed by atoms with Crippen molar-refractivity contribution in [2.24, 2.45) is 0 Å². The summed E-state index contributed by atoms with van der Waals surface area (Å²) in [5.74, 6) is 0.866. The van der Waals surface area contributed by atoms with E-state index in [0.717, 1.165) is 24.6 Å². The van der Waals surface area contributed by atoms with Crippen LogP contribution < -0.4 is 5.32 Å². The quantitative estimate of drug-likeness (QED) is 0.770. The Kier molecular flexibility index (Phi) is 3.73. The molecule has 0 radical (unpaired) electrons. The third-order valence-electron chi connectivity index (χ3n) is 3.12. The van der Waals surface area contributed by atoms with Crippen molar-refractivity contribution < 1.29 is 0 Å². The maximum absolute atomic E-state index is 4.36. The first-order valence-corrected chi connectivity index (χ1v) is 6.65. The number of para-hydroxylation sites is 1. The van der Waals surface area contributed by atoms with Crippen molar-refractivity contribution in [2.45, 2.75) is 6.42 Å². The van der Waals surface area contributed by atoms with Crippen LogP contribution in [-0.4, -0.2) is 21.1 Å². The van der Waals surface area contributed by atoms with Crippen molar-refractivity contribution in [3.63, 3.8) is 0 Å². The molecule has 0 amide bonds. The molecule has 0 fully saturated rings. The molecule has 100 valence electrons. The molecule has 1 aromatic carbocycles. The predicted octanol–water partition coefficient (Wildman–Crippen LogP) is 2.92. The SMILES string of the molecule is c1ccc(-n2ccnc2NCCc2ccncc2)cc1. The number of anilines is 1. The van der Waals surface area contributed by atoms with Crippen LogP contribution in [-0.2, 0) is 6.42 Å². The average Bonchev–Trinajstić information content (AvgIpc) is 2.98. The highest BCUT2D eigenvalue weighted by Crippen LogP contribution is 2.13. The van der Waals surface area contributed by atoms with E-state index in [1.807, 2.05) is 59.7 Å². The van der Waals surface area contributed by atoms with Crippen molar-refractivity contribution in [2.75, 3.05) is 11.9 Å². The van der Waals surface area contributed by atoms with Gasteiger partial charge in [-0.05, 0) is 36.2 Å². The van der Waals surface area contributed by atoms with E-state index in [0.29, 0.717) is 0 Å². The molecule has 0 bridgehead atoms. The Balaban J connectivity index is 1.66. The molecule has 4 nitrogen and oxygen atoms in total. The lowest BCUT2D eigenvalue weighted by atomic mass is 10.2. The Morgan fingerprint density at radius 3 is 2.55 bits per heavy atom. The van der Waals surface area contributed by atoms with E-state index in [4.69, 9.17) is 0 Å². The number of nitrogens with zero attached hydrogens (tertiary/aromatic N) is 3. The molecule has 0 aliphatic rings. The molecule has 4 heteroatoms. The van der Waals surface area contributed by atoms with E-state index in [1.54, 1.807) is 0 Å². The van der Waals surface area contributed by atoms with Crippen molar-refractivity contribution in [1.82, 2.24) is 14.5 Å². The number of benzene rings is 1. The van der Waals surface area contributed by atoms with Gasteiger partial charge in [0.1, 0.15) is 0 Å². The molecule has 1 N–H and O–H groups in total. The molecular weight excluding hydrogens is 248 g/mol. The second-order valence-electron chi connectivity index (χ2n) is 4.49. The summed E-state index contributed by atoms with van der Waals surface area (Å²) in [6.07, 6.45) is 8.36. The van der Waals surface area contributed by atoms with Gasteiger partial charge >= 0.3 is 0 Å². The molecule has 20 heavy (non-hydrogen) atoms. The van der Waals surface area contributed by atoms with E-state index < -0.39 is 0 Å². The zero-order valence-corrected chi connectivity index (χ0v) is 11.1. The number of nitrogens with one attached hydrogen (secondary N) is 1. The third-order valence-corrected chi connectivity index (χ3v) is 3.12. The topological polar surface area (TPSA) is 42.7 Å². The summed E-state index contributed by atoms with van der Waals surface area (Å²) in [6.45, 7) is 0.841. The maximum Gasteiger partial charge on any atom is 0.207 e. The molecule has 0 atom stereocenters. The molecule has 3 rings (SSSR count). The highest BCUT2D eigenvalue weighted by molar-refractivity contribution is 5.41. The largest absolute Gasteiger partial charge is 0.355 e. The first-order chi connectivity index (χ1) is 9.93. The van der Waals surface area contributed by atoms with E-state index in [-0.39, 0.29) is 0 Å². The lowest BCUT2D eigenvalue weighted by Crippen LogP contribution is -2.09.